The van der Waals surface area contributed by atoms with Gasteiger partial charge in [-0.2, -0.15) is 0 Å². The van der Waals surface area contributed by atoms with Crippen LogP contribution < -0.4 is 5.32 Å². The Morgan fingerprint density at radius 2 is 1.82 bits per heavy atom. The van der Waals surface area contributed by atoms with E-state index in [1.807, 2.05) is 18.2 Å². The maximum Gasteiger partial charge on any atom is 0.258 e. The van der Waals surface area contributed by atoms with Crippen molar-refractivity contribution >= 4 is 5.91 Å². The normalized spacial score (nSPS) is 33.0. The number of fused-ring (bicyclic) bond motifs is 3. The molecule has 4 heterocycles. The zero-order chi connectivity index (χ0) is 23.8. The van der Waals surface area contributed by atoms with E-state index in [0.29, 0.717) is 25.4 Å². The lowest BCUT2D eigenvalue weighted by Crippen LogP contribution is -2.67. The van der Waals surface area contributed by atoms with Gasteiger partial charge in [0, 0.05) is 30.8 Å². The number of hydrogen-bond acceptors (Lipinski definition) is 4. The molecule has 1 N–H and O–H groups in total. The van der Waals surface area contributed by atoms with E-state index in [9.17, 15) is 4.79 Å². The fourth-order valence-electron chi connectivity index (χ4n) is 6.21. The number of carbonyl (C=O) groups excluding carboxylic acids is 1. The van der Waals surface area contributed by atoms with Gasteiger partial charge < -0.3 is 15.0 Å². The topological polar surface area (TPSA) is 54.5 Å². The molecule has 1 aromatic carbocycles. The molecule has 6 rings (SSSR count). The van der Waals surface area contributed by atoms with E-state index in [2.05, 4.69) is 41.4 Å². The lowest BCUT2D eigenvalue weighted by Gasteiger charge is -2.52. The summed E-state index contributed by atoms with van der Waals surface area (Å²) in [7, 11) is 1.69. The van der Waals surface area contributed by atoms with E-state index in [-0.39, 0.29) is 24.3 Å². The van der Waals surface area contributed by atoms with Gasteiger partial charge in [0.2, 0.25) is 0 Å². The smallest absolute Gasteiger partial charge is 0.258 e. The number of methoxy groups -OCH3 is 1. The van der Waals surface area contributed by atoms with Crippen LogP contribution in [0.5, 0.6) is 0 Å². The van der Waals surface area contributed by atoms with Crippen LogP contribution in [-0.4, -0.2) is 53.7 Å². The van der Waals surface area contributed by atoms with E-state index < -0.39 is 11.6 Å². The number of benzene rings is 1. The van der Waals surface area contributed by atoms with Crippen LogP contribution >= 0.6 is 0 Å². The second kappa shape index (κ2) is 9.38. The molecule has 2 bridgehead atoms. The van der Waals surface area contributed by atoms with E-state index in [1.54, 1.807) is 7.11 Å². The van der Waals surface area contributed by atoms with Crippen molar-refractivity contribution in [2.45, 2.75) is 69.2 Å². The largest absolute Gasteiger partial charge is 0.380 e. The number of piperidine rings is 3. The Morgan fingerprint density at radius 1 is 1.12 bits per heavy atom. The van der Waals surface area contributed by atoms with Crippen LogP contribution in [0, 0.1) is 5.92 Å². The van der Waals surface area contributed by atoms with Crippen LogP contribution in [0.3, 0.4) is 0 Å². The van der Waals surface area contributed by atoms with Gasteiger partial charge in [-0.15, -0.1) is 0 Å². The molecular formula is C28H36FN3O2. The zero-order valence-electron chi connectivity index (χ0n) is 20.4. The zero-order valence-corrected chi connectivity index (χ0v) is 20.4. The average Bonchev–Trinajstić information content (AvgIpc) is 2.85. The summed E-state index contributed by atoms with van der Waals surface area (Å²) in [6.07, 6.45) is 3.97. The van der Waals surface area contributed by atoms with Crippen LogP contribution in [0.1, 0.15) is 62.6 Å². The number of amides is 1. The summed E-state index contributed by atoms with van der Waals surface area (Å²) >= 11 is 0. The summed E-state index contributed by atoms with van der Waals surface area (Å²) in [6, 6.07) is 14.3. The average molecular weight is 466 g/mol. The molecule has 5 nitrogen and oxygen atoms in total. The molecule has 6 heteroatoms. The van der Waals surface area contributed by atoms with E-state index in [1.165, 1.54) is 0 Å². The van der Waals surface area contributed by atoms with Gasteiger partial charge in [-0.1, -0.05) is 30.3 Å². The molecule has 1 aromatic heterocycles. The van der Waals surface area contributed by atoms with Gasteiger partial charge in [0.1, 0.15) is 0 Å². The van der Waals surface area contributed by atoms with Crippen molar-refractivity contribution in [1.29, 1.82) is 0 Å². The van der Waals surface area contributed by atoms with Gasteiger partial charge in [0.25, 0.3) is 5.91 Å². The molecule has 3 saturated heterocycles. The summed E-state index contributed by atoms with van der Waals surface area (Å²) < 4.78 is 21.0. The van der Waals surface area contributed by atoms with Crippen LogP contribution in [0.4, 0.5) is 4.39 Å². The molecule has 1 unspecified atom stereocenters. The van der Waals surface area contributed by atoms with Crippen molar-refractivity contribution < 1.29 is 13.9 Å². The highest BCUT2D eigenvalue weighted by Crippen LogP contribution is 2.42. The number of carbonyl (C=O) groups is 1. The SMILES string of the molecule is COCc1ccc(-c2cccc(C3CCC(F)(C(=O)NC4(C)CN5CCC4CC5)CC3)n2)cc1. The summed E-state index contributed by atoms with van der Waals surface area (Å²) in [4.78, 5) is 20.4. The first-order valence-electron chi connectivity index (χ1n) is 12.7. The van der Waals surface area contributed by atoms with Crippen molar-refractivity contribution in [2.75, 3.05) is 26.7 Å². The summed E-state index contributed by atoms with van der Waals surface area (Å²) in [5.41, 5.74) is 2.01. The second-order valence-corrected chi connectivity index (χ2v) is 10.7. The van der Waals surface area contributed by atoms with Gasteiger partial charge in [-0.3, -0.25) is 9.78 Å². The summed E-state index contributed by atoms with van der Waals surface area (Å²) in [6.45, 7) is 5.73. The molecular weight excluding hydrogens is 429 g/mol. The van der Waals surface area contributed by atoms with Gasteiger partial charge >= 0.3 is 0 Å². The minimum atomic E-state index is -1.78. The quantitative estimate of drug-likeness (QED) is 0.662. The number of rotatable bonds is 6. The third-order valence-corrected chi connectivity index (χ3v) is 8.37. The number of hydrogen-bond donors (Lipinski definition) is 1. The standard InChI is InChI=1S/C28H36FN3O2/c1-27(19-32-16-12-23(27)13-17-32)31-26(33)28(29)14-10-22(11-15-28)25-5-3-4-24(30-25)21-8-6-20(7-9-21)18-34-2/h3-9,22-23H,10-19H2,1-2H3,(H,31,33). The molecule has 4 aliphatic rings. The highest BCUT2D eigenvalue weighted by atomic mass is 19.1. The highest BCUT2D eigenvalue weighted by Gasteiger charge is 2.49. The van der Waals surface area contributed by atoms with Crippen molar-refractivity contribution in [3.05, 3.63) is 53.7 Å². The predicted octanol–water partition coefficient (Wildman–Crippen LogP) is 4.86. The van der Waals surface area contributed by atoms with Crippen LogP contribution in [0.15, 0.2) is 42.5 Å². The monoisotopic (exact) mass is 465 g/mol. The van der Waals surface area contributed by atoms with Crippen molar-refractivity contribution in [3.8, 4) is 11.3 Å². The molecule has 34 heavy (non-hydrogen) atoms. The number of nitrogens with zero attached hydrogens (tertiary/aromatic N) is 2. The van der Waals surface area contributed by atoms with E-state index >= 15 is 4.39 Å². The Kier molecular flexibility index (Phi) is 6.47. The number of alkyl halides is 1. The lowest BCUT2D eigenvalue weighted by atomic mass is 9.72. The molecule has 2 aromatic rings. The van der Waals surface area contributed by atoms with E-state index in [4.69, 9.17) is 9.72 Å². The van der Waals surface area contributed by atoms with E-state index in [0.717, 1.165) is 55.0 Å². The van der Waals surface area contributed by atoms with Gasteiger partial charge in [0.05, 0.1) is 17.8 Å². The summed E-state index contributed by atoms with van der Waals surface area (Å²) in [5, 5.41) is 3.16. The first kappa shape index (κ1) is 23.4. The van der Waals surface area contributed by atoms with Gasteiger partial charge in [-0.25, -0.2) is 4.39 Å². The molecule has 1 atom stereocenters. The van der Waals surface area contributed by atoms with Crippen LogP contribution in [0.2, 0.25) is 0 Å². The number of ether oxygens (including phenoxy) is 1. The second-order valence-electron chi connectivity index (χ2n) is 10.7. The molecule has 3 aliphatic heterocycles. The summed E-state index contributed by atoms with van der Waals surface area (Å²) in [5.74, 6) is 0.230. The minimum absolute atomic E-state index is 0.178. The molecule has 4 fully saturated rings. The number of nitrogens with one attached hydrogen (secondary N) is 1. The maximum absolute atomic E-state index is 15.8. The number of aromatic nitrogens is 1. The van der Waals surface area contributed by atoms with Crippen LogP contribution in [-0.2, 0) is 16.1 Å². The van der Waals surface area contributed by atoms with Crippen molar-refractivity contribution in [1.82, 2.24) is 15.2 Å². The van der Waals surface area contributed by atoms with Gasteiger partial charge in [0.15, 0.2) is 5.67 Å². The Morgan fingerprint density at radius 3 is 2.44 bits per heavy atom. The predicted molar refractivity (Wildman–Crippen MR) is 131 cm³/mol. The molecule has 182 valence electrons. The Hall–Kier alpha value is -2.31. The fourth-order valence-corrected chi connectivity index (χ4v) is 6.21. The third kappa shape index (κ3) is 4.63. The molecule has 0 radical (unpaired) electrons. The van der Waals surface area contributed by atoms with Crippen molar-refractivity contribution in [2.24, 2.45) is 5.92 Å². The molecule has 1 amide bonds. The first-order chi connectivity index (χ1) is 16.4. The maximum atomic E-state index is 15.8. The lowest BCUT2D eigenvalue weighted by molar-refractivity contribution is -0.140. The fraction of sp³-hybridized carbons (Fsp3) is 0.571. The van der Waals surface area contributed by atoms with Gasteiger partial charge in [-0.05, 0) is 82.2 Å². The van der Waals surface area contributed by atoms with Crippen LogP contribution in [0.25, 0.3) is 11.3 Å². The third-order valence-electron chi connectivity index (χ3n) is 8.37. The Labute approximate surface area is 202 Å². The molecule has 1 saturated carbocycles. The first-order valence-corrected chi connectivity index (χ1v) is 12.7. The van der Waals surface area contributed by atoms with Crippen molar-refractivity contribution in [3.63, 3.8) is 0 Å². The Bertz CT molecular complexity index is 1010. The molecule has 1 aliphatic carbocycles. The number of halogens is 1. The number of pyridine rings is 1. The molecule has 0 spiro atoms. The Balaban J connectivity index is 1.22. The highest BCUT2D eigenvalue weighted by molar-refractivity contribution is 5.86. The minimum Gasteiger partial charge on any atom is -0.380 e.